The normalized spacial score (nSPS) is 31.1. The van der Waals surface area contributed by atoms with E-state index < -0.39 is 5.60 Å². The number of rotatable bonds is 1. The highest BCUT2D eigenvalue weighted by Crippen LogP contribution is 2.42. The average Bonchev–Trinajstić information content (AvgIpc) is 2.38. The summed E-state index contributed by atoms with van der Waals surface area (Å²) in [5.74, 6) is 0.411. The standard InChI is InChI=1S/C16H24N2O/c1-12-5-4-7-14(17)15(12)18-10-9-16(19)8-3-2-6-13(16)11-18/h4-5,7,13,19H,2-3,6,8-11,17H2,1H3. The van der Waals surface area contributed by atoms with E-state index in [0.29, 0.717) is 5.92 Å². The maximum Gasteiger partial charge on any atom is 0.0709 e. The molecule has 2 fully saturated rings. The second-order valence-corrected chi connectivity index (χ2v) is 6.26. The van der Waals surface area contributed by atoms with E-state index in [1.54, 1.807) is 0 Å². The lowest BCUT2D eigenvalue weighted by atomic mass is 9.71. The molecule has 2 atom stereocenters. The Bertz CT molecular complexity index is 454. The van der Waals surface area contributed by atoms with Crippen LogP contribution in [-0.2, 0) is 0 Å². The molecule has 2 unspecified atom stereocenters. The van der Waals surface area contributed by atoms with Crippen LogP contribution in [0.25, 0.3) is 0 Å². The summed E-state index contributed by atoms with van der Waals surface area (Å²) in [6.45, 7) is 3.99. The van der Waals surface area contributed by atoms with Crippen LogP contribution in [0.2, 0.25) is 0 Å². The lowest BCUT2D eigenvalue weighted by molar-refractivity contribution is -0.0612. The molecule has 1 aromatic rings. The highest BCUT2D eigenvalue weighted by Gasteiger charge is 2.43. The Morgan fingerprint density at radius 2 is 2.16 bits per heavy atom. The molecule has 1 aliphatic carbocycles. The van der Waals surface area contributed by atoms with Crippen molar-refractivity contribution in [2.45, 2.75) is 44.6 Å². The van der Waals surface area contributed by atoms with Gasteiger partial charge in [0.05, 0.1) is 17.0 Å². The minimum atomic E-state index is -0.411. The number of benzene rings is 1. The van der Waals surface area contributed by atoms with Gasteiger partial charge in [-0.15, -0.1) is 0 Å². The third-order valence-electron chi connectivity index (χ3n) is 5.01. The van der Waals surface area contributed by atoms with Gasteiger partial charge in [0.2, 0.25) is 0 Å². The summed E-state index contributed by atoms with van der Waals surface area (Å²) in [5.41, 5.74) is 9.01. The zero-order valence-corrected chi connectivity index (χ0v) is 11.7. The fourth-order valence-corrected chi connectivity index (χ4v) is 3.89. The quantitative estimate of drug-likeness (QED) is 0.763. The number of aryl methyl sites for hydroxylation is 1. The molecule has 3 rings (SSSR count). The summed E-state index contributed by atoms with van der Waals surface area (Å²) in [6.07, 6.45) is 5.45. The molecule has 0 amide bonds. The lowest BCUT2D eigenvalue weighted by Gasteiger charge is -2.48. The van der Waals surface area contributed by atoms with Crippen molar-refractivity contribution in [3.05, 3.63) is 23.8 Å². The van der Waals surface area contributed by atoms with Gasteiger partial charge in [0.1, 0.15) is 0 Å². The van der Waals surface area contributed by atoms with Crippen molar-refractivity contribution in [3.8, 4) is 0 Å². The van der Waals surface area contributed by atoms with Crippen LogP contribution in [0.4, 0.5) is 11.4 Å². The molecule has 3 heteroatoms. The van der Waals surface area contributed by atoms with E-state index in [2.05, 4.69) is 17.9 Å². The highest BCUT2D eigenvalue weighted by molar-refractivity contribution is 5.71. The first kappa shape index (κ1) is 12.8. The maximum absolute atomic E-state index is 10.7. The minimum absolute atomic E-state index is 0.411. The number of aliphatic hydroxyl groups is 1. The Labute approximate surface area is 115 Å². The fourth-order valence-electron chi connectivity index (χ4n) is 3.89. The molecular formula is C16H24N2O. The minimum Gasteiger partial charge on any atom is -0.397 e. The molecule has 0 radical (unpaired) electrons. The van der Waals surface area contributed by atoms with E-state index in [9.17, 15) is 5.11 Å². The predicted molar refractivity (Wildman–Crippen MR) is 79.3 cm³/mol. The van der Waals surface area contributed by atoms with E-state index >= 15 is 0 Å². The molecule has 1 aliphatic heterocycles. The van der Waals surface area contributed by atoms with Gasteiger partial charge >= 0.3 is 0 Å². The second-order valence-electron chi connectivity index (χ2n) is 6.26. The number of para-hydroxylation sites is 1. The van der Waals surface area contributed by atoms with E-state index in [0.717, 1.165) is 38.0 Å². The van der Waals surface area contributed by atoms with Crippen molar-refractivity contribution in [1.82, 2.24) is 0 Å². The smallest absolute Gasteiger partial charge is 0.0709 e. The first-order valence-electron chi connectivity index (χ1n) is 7.42. The average molecular weight is 260 g/mol. The molecule has 19 heavy (non-hydrogen) atoms. The molecule has 1 aromatic carbocycles. The number of nitrogen functional groups attached to an aromatic ring is 1. The molecule has 1 heterocycles. The van der Waals surface area contributed by atoms with Gasteiger partial charge in [-0.25, -0.2) is 0 Å². The van der Waals surface area contributed by atoms with Crippen LogP contribution in [0.1, 0.15) is 37.7 Å². The van der Waals surface area contributed by atoms with E-state index in [1.807, 2.05) is 12.1 Å². The molecule has 1 saturated carbocycles. The number of piperidine rings is 1. The zero-order valence-electron chi connectivity index (χ0n) is 11.7. The molecule has 104 valence electrons. The van der Waals surface area contributed by atoms with Crippen LogP contribution in [0.15, 0.2) is 18.2 Å². The van der Waals surface area contributed by atoms with Gasteiger partial charge in [0.25, 0.3) is 0 Å². The van der Waals surface area contributed by atoms with Gasteiger partial charge in [-0.2, -0.15) is 0 Å². The van der Waals surface area contributed by atoms with E-state index in [1.165, 1.54) is 24.1 Å². The van der Waals surface area contributed by atoms with Gasteiger partial charge in [0.15, 0.2) is 0 Å². The van der Waals surface area contributed by atoms with Crippen LogP contribution < -0.4 is 10.6 Å². The molecule has 3 nitrogen and oxygen atoms in total. The van der Waals surface area contributed by atoms with Crippen LogP contribution in [-0.4, -0.2) is 23.8 Å². The number of hydrogen-bond acceptors (Lipinski definition) is 3. The van der Waals surface area contributed by atoms with Crippen molar-refractivity contribution in [2.75, 3.05) is 23.7 Å². The summed E-state index contributed by atoms with van der Waals surface area (Å²) in [4.78, 5) is 2.38. The Kier molecular flexibility index (Phi) is 3.17. The SMILES string of the molecule is Cc1cccc(N)c1N1CCC2(O)CCCCC2C1. The summed E-state index contributed by atoms with van der Waals surface area (Å²) in [6, 6.07) is 6.10. The van der Waals surface area contributed by atoms with Crippen LogP contribution in [0, 0.1) is 12.8 Å². The fraction of sp³-hybridized carbons (Fsp3) is 0.625. The molecule has 1 saturated heterocycles. The maximum atomic E-state index is 10.7. The number of nitrogens with zero attached hydrogens (tertiary/aromatic N) is 1. The number of anilines is 2. The van der Waals surface area contributed by atoms with Crippen molar-refractivity contribution in [3.63, 3.8) is 0 Å². The highest BCUT2D eigenvalue weighted by atomic mass is 16.3. The number of hydrogen-bond donors (Lipinski definition) is 2. The summed E-state index contributed by atoms with van der Waals surface area (Å²) < 4.78 is 0. The van der Waals surface area contributed by atoms with Gasteiger partial charge in [-0.3, -0.25) is 0 Å². The third-order valence-corrected chi connectivity index (χ3v) is 5.01. The van der Waals surface area contributed by atoms with Crippen molar-refractivity contribution < 1.29 is 5.11 Å². The third kappa shape index (κ3) is 2.20. The van der Waals surface area contributed by atoms with Crippen molar-refractivity contribution in [1.29, 1.82) is 0 Å². The Morgan fingerprint density at radius 3 is 2.95 bits per heavy atom. The molecular weight excluding hydrogens is 236 g/mol. The van der Waals surface area contributed by atoms with Crippen LogP contribution in [0.3, 0.4) is 0 Å². The second kappa shape index (κ2) is 4.71. The molecule has 0 aromatic heterocycles. The topological polar surface area (TPSA) is 49.5 Å². The van der Waals surface area contributed by atoms with Crippen LogP contribution in [0.5, 0.6) is 0 Å². The monoisotopic (exact) mass is 260 g/mol. The summed E-state index contributed by atoms with van der Waals surface area (Å²) in [5, 5.41) is 10.7. The molecule has 0 spiro atoms. The van der Waals surface area contributed by atoms with Gasteiger partial charge in [0, 0.05) is 19.0 Å². The number of nitrogens with two attached hydrogens (primary N) is 1. The van der Waals surface area contributed by atoms with Crippen molar-refractivity contribution in [2.24, 2.45) is 5.92 Å². The Hall–Kier alpha value is -1.22. The molecule has 2 aliphatic rings. The first-order chi connectivity index (χ1) is 9.10. The van der Waals surface area contributed by atoms with Gasteiger partial charge < -0.3 is 15.7 Å². The number of fused-ring (bicyclic) bond motifs is 1. The zero-order chi connectivity index (χ0) is 13.5. The van der Waals surface area contributed by atoms with E-state index in [-0.39, 0.29) is 0 Å². The largest absolute Gasteiger partial charge is 0.397 e. The van der Waals surface area contributed by atoms with Gasteiger partial charge in [-0.1, -0.05) is 25.0 Å². The van der Waals surface area contributed by atoms with Gasteiger partial charge in [-0.05, 0) is 37.8 Å². The predicted octanol–water partition coefficient (Wildman–Crippen LogP) is 2.71. The Balaban J connectivity index is 1.85. The van der Waals surface area contributed by atoms with E-state index in [4.69, 9.17) is 5.73 Å². The first-order valence-corrected chi connectivity index (χ1v) is 7.42. The lowest BCUT2D eigenvalue weighted by Crippen LogP contribution is -2.53. The summed E-state index contributed by atoms with van der Waals surface area (Å²) >= 11 is 0. The Morgan fingerprint density at radius 1 is 1.32 bits per heavy atom. The van der Waals surface area contributed by atoms with Crippen molar-refractivity contribution >= 4 is 11.4 Å². The molecule has 3 N–H and O–H groups in total. The van der Waals surface area contributed by atoms with Crippen LogP contribution >= 0.6 is 0 Å². The molecule has 0 bridgehead atoms. The summed E-state index contributed by atoms with van der Waals surface area (Å²) in [7, 11) is 0.